The third-order valence-electron chi connectivity index (χ3n) is 3.65. The van der Waals surface area contributed by atoms with Crippen molar-refractivity contribution in [2.75, 3.05) is 0 Å². The first-order valence-corrected chi connectivity index (χ1v) is 6.72. The number of carboxylic acid groups (broad SMARTS) is 2. The Morgan fingerprint density at radius 1 is 0.955 bits per heavy atom. The van der Waals surface area contributed by atoms with Gasteiger partial charge in [0.15, 0.2) is 5.92 Å². The predicted molar refractivity (Wildman–Crippen MR) is 79.0 cm³/mol. The van der Waals surface area contributed by atoms with Crippen molar-refractivity contribution in [1.82, 2.24) is 0 Å². The molecule has 2 rings (SSSR count). The number of carboxylic acids is 2. The maximum Gasteiger partial charge on any atom is 0.318 e. The normalized spacial score (nSPS) is 12.1. The summed E-state index contributed by atoms with van der Waals surface area (Å²) >= 11 is 0. The molecule has 5 heteroatoms. The monoisotopic (exact) mass is 302 g/mol. The Bertz CT molecular complexity index is 680. The predicted octanol–water partition coefficient (Wildman–Crippen LogP) is 3.38. The Kier molecular flexibility index (Phi) is 4.56. The van der Waals surface area contributed by atoms with Crippen LogP contribution in [-0.4, -0.2) is 22.2 Å². The Morgan fingerprint density at radius 2 is 1.50 bits per heavy atom. The molecule has 0 heterocycles. The minimum absolute atomic E-state index is 0.350. The molecule has 0 amide bonds. The molecule has 0 saturated carbocycles. The molecule has 0 bridgehead atoms. The van der Waals surface area contributed by atoms with E-state index in [2.05, 4.69) is 0 Å². The molecule has 0 fully saturated rings. The molecule has 1 atom stereocenters. The van der Waals surface area contributed by atoms with Crippen LogP contribution in [0.25, 0.3) is 11.1 Å². The van der Waals surface area contributed by atoms with E-state index >= 15 is 0 Å². The van der Waals surface area contributed by atoms with Gasteiger partial charge in [0.1, 0.15) is 5.82 Å². The van der Waals surface area contributed by atoms with Crippen LogP contribution in [0.5, 0.6) is 0 Å². The molecule has 0 spiro atoms. The number of aliphatic carboxylic acids is 2. The molecule has 0 aliphatic rings. The van der Waals surface area contributed by atoms with Gasteiger partial charge in [0.05, 0.1) is 0 Å². The Hall–Kier alpha value is -2.69. The molecule has 2 N–H and O–H groups in total. The van der Waals surface area contributed by atoms with Gasteiger partial charge in [-0.3, -0.25) is 9.59 Å². The summed E-state index contributed by atoms with van der Waals surface area (Å²) in [6, 6.07) is 12.9. The summed E-state index contributed by atoms with van der Waals surface area (Å²) in [6.45, 7) is 1.55. The zero-order valence-electron chi connectivity index (χ0n) is 11.9. The molecular weight excluding hydrogens is 287 g/mol. The van der Waals surface area contributed by atoms with Crippen molar-refractivity contribution in [2.45, 2.75) is 12.8 Å². The number of carbonyl (C=O) groups is 2. The highest BCUT2D eigenvalue weighted by atomic mass is 19.1. The van der Waals surface area contributed by atoms with Crippen LogP contribution in [0.2, 0.25) is 0 Å². The van der Waals surface area contributed by atoms with Gasteiger partial charge in [-0.25, -0.2) is 4.39 Å². The maximum atomic E-state index is 13.7. The van der Waals surface area contributed by atoms with Crippen LogP contribution in [0.15, 0.2) is 48.5 Å². The summed E-state index contributed by atoms with van der Waals surface area (Å²) < 4.78 is 13.7. The SMILES string of the molecule is CC(c1ccc(-c2ccccc2F)cc1)C(C(=O)O)C(=O)O. The lowest BCUT2D eigenvalue weighted by atomic mass is 9.87. The molecule has 0 saturated heterocycles. The van der Waals surface area contributed by atoms with E-state index in [4.69, 9.17) is 10.2 Å². The first-order chi connectivity index (χ1) is 10.4. The van der Waals surface area contributed by atoms with Gasteiger partial charge in [-0.2, -0.15) is 0 Å². The van der Waals surface area contributed by atoms with Gasteiger partial charge < -0.3 is 10.2 Å². The minimum atomic E-state index is -1.51. The molecule has 1 unspecified atom stereocenters. The van der Waals surface area contributed by atoms with Crippen LogP contribution in [0, 0.1) is 11.7 Å². The molecule has 0 aliphatic carbocycles. The second-order valence-electron chi connectivity index (χ2n) is 5.04. The Balaban J connectivity index is 2.31. The summed E-state index contributed by atoms with van der Waals surface area (Å²) in [4.78, 5) is 22.1. The zero-order chi connectivity index (χ0) is 16.3. The smallest absolute Gasteiger partial charge is 0.318 e. The first kappa shape index (κ1) is 15.7. The molecule has 2 aromatic rings. The van der Waals surface area contributed by atoms with Crippen LogP contribution < -0.4 is 0 Å². The highest BCUT2D eigenvalue weighted by Gasteiger charge is 2.32. The number of benzene rings is 2. The number of halogens is 1. The minimum Gasteiger partial charge on any atom is -0.481 e. The fourth-order valence-electron chi connectivity index (χ4n) is 2.39. The van der Waals surface area contributed by atoms with Crippen molar-refractivity contribution in [3.63, 3.8) is 0 Å². The van der Waals surface area contributed by atoms with Gasteiger partial charge in [-0.15, -0.1) is 0 Å². The van der Waals surface area contributed by atoms with E-state index in [0.29, 0.717) is 16.7 Å². The van der Waals surface area contributed by atoms with Gasteiger partial charge in [0.25, 0.3) is 0 Å². The third kappa shape index (κ3) is 3.14. The van der Waals surface area contributed by atoms with Crippen LogP contribution in [0.1, 0.15) is 18.4 Å². The Labute approximate surface area is 126 Å². The highest BCUT2D eigenvalue weighted by Crippen LogP contribution is 2.28. The van der Waals surface area contributed by atoms with Crippen molar-refractivity contribution in [2.24, 2.45) is 5.92 Å². The van der Waals surface area contributed by atoms with E-state index in [-0.39, 0.29) is 5.82 Å². The molecule has 114 valence electrons. The summed E-state index contributed by atoms with van der Waals surface area (Å²) in [5.74, 6) is -5.31. The van der Waals surface area contributed by atoms with Crippen molar-refractivity contribution >= 4 is 11.9 Å². The van der Waals surface area contributed by atoms with Gasteiger partial charge in [0, 0.05) is 11.5 Å². The largest absolute Gasteiger partial charge is 0.481 e. The van der Waals surface area contributed by atoms with E-state index in [1.54, 1.807) is 49.4 Å². The van der Waals surface area contributed by atoms with E-state index < -0.39 is 23.8 Å². The molecule has 22 heavy (non-hydrogen) atoms. The number of hydrogen-bond donors (Lipinski definition) is 2. The van der Waals surface area contributed by atoms with E-state index in [0.717, 1.165) is 0 Å². The highest BCUT2D eigenvalue weighted by molar-refractivity contribution is 5.94. The molecule has 0 aromatic heterocycles. The maximum absolute atomic E-state index is 13.7. The van der Waals surface area contributed by atoms with Crippen molar-refractivity contribution in [3.05, 3.63) is 59.9 Å². The molecular formula is C17H15FO4. The lowest BCUT2D eigenvalue weighted by Gasteiger charge is -2.17. The van der Waals surface area contributed by atoms with Crippen molar-refractivity contribution in [1.29, 1.82) is 0 Å². The molecule has 0 radical (unpaired) electrons. The second kappa shape index (κ2) is 6.39. The standard InChI is InChI=1S/C17H15FO4/c1-10(15(16(19)20)17(21)22)11-6-8-12(9-7-11)13-4-2-3-5-14(13)18/h2-10,15H,1H3,(H,19,20)(H,21,22). The topological polar surface area (TPSA) is 74.6 Å². The molecule has 0 aliphatic heterocycles. The van der Waals surface area contributed by atoms with Crippen LogP contribution >= 0.6 is 0 Å². The van der Waals surface area contributed by atoms with Crippen LogP contribution in [0.3, 0.4) is 0 Å². The van der Waals surface area contributed by atoms with E-state index in [9.17, 15) is 14.0 Å². The third-order valence-corrected chi connectivity index (χ3v) is 3.65. The number of hydrogen-bond acceptors (Lipinski definition) is 2. The summed E-state index contributed by atoms with van der Waals surface area (Å²) in [5.41, 5.74) is 1.67. The molecule has 2 aromatic carbocycles. The first-order valence-electron chi connectivity index (χ1n) is 6.72. The van der Waals surface area contributed by atoms with Gasteiger partial charge in [-0.1, -0.05) is 49.4 Å². The summed E-state index contributed by atoms with van der Waals surface area (Å²) in [5, 5.41) is 18.0. The van der Waals surface area contributed by atoms with Crippen molar-refractivity contribution < 1.29 is 24.2 Å². The zero-order valence-corrected chi connectivity index (χ0v) is 11.9. The quantitative estimate of drug-likeness (QED) is 0.830. The lowest BCUT2D eigenvalue weighted by molar-refractivity contribution is -0.155. The second-order valence-corrected chi connectivity index (χ2v) is 5.04. The number of rotatable bonds is 5. The van der Waals surface area contributed by atoms with Crippen molar-refractivity contribution in [3.8, 4) is 11.1 Å². The van der Waals surface area contributed by atoms with Crippen LogP contribution in [-0.2, 0) is 9.59 Å². The van der Waals surface area contributed by atoms with Gasteiger partial charge in [0.2, 0.25) is 0 Å². The fourth-order valence-corrected chi connectivity index (χ4v) is 2.39. The molecule has 4 nitrogen and oxygen atoms in total. The fraction of sp³-hybridized carbons (Fsp3) is 0.176. The lowest BCUT2D eigenvalue weighted by Crippen LogP contribution is -2.28. The van der Waals surface area contributed by atoms with Gasteiger partial charge >= 0.3 is 11.9 Å². The average molecular weight is 302 g/mol. The van der Waals surface area contributed by atoms with E-state index in [1.807, 2.05) is 0 Å². The average Bonchev–Trinajstić information content (AvgIpc) is 2.47. The van der Waals surface area contributed by atoms with E-state index in [1.165, 1.54) is 6.07 Å². The summed E-state index contributed by atoms with van der Waals surface area (Å²) in [7, 11) is 0. The van der Waals surface area contributed by atoms with Gasteiger partial charge in [-0.05, 0) is 17.2 Å². The summed E-state index contributed by atoms with van der Waals surface area (Å²) in [6.07, 6.45) is 0. The van der Waals surface area contributed by atoms with Crippen LogP contribution in [0.4, 0.5) is 4.39 Å². The Morgan fingerprint density at radius 3 is 2.00 bits per heavy atom.